The number of phenols is 1. The monoisotopic (exact) mass is 412 g/mol. The Labute approximate surface area is 169 Å². The van der Waals surface area contributed by atoms with Crippen molar-refractivity contribution in [2.45, 2.75) is 12.8 Å². The van der Waals surface area contributed by atoms with Gasteiger partial charge in [0.05, 0.1) is 11.8 Å². The largest absolute Gasteiger partial charge is 0.504 e. The highest BCUT2D eigenvalue weighted by atomic mass is 32.1. The molecule has 7 nitrogen and oxygen atoms in total. The number of nitrogens with one attached hydrogen (secondary N) is 1. The number of aldehydes is 1. The Hall–Kier alpha value is -3.33. The standard InChI is InChI=1S/C20H17FN4O3S/c21-15-8-13(7-14(11-26)18(15)27)19(28)24-17-10-23-20(29-17)12-3-4-22-16(9-12)25-5-1-2-6-25/h3-4,7-11,27H,1-2,5-6H2,(H,24,28). The molecule has 0 atom stereocenters. The van der Waals surface area contributed by atoms with Gasteiger partial charge in [-0.15, -0.1) is 0 Å². The topological polar surface area (TPSA) is 95.4 Å². The van der Waals surface area contributed by atoms with E-state index in [0.717, 1.165) is 49.4 Å². The van der Waals surface area contributed by atoms with Crippen molar-refractivity contribution >= 4 is 34.3 Å². The summed E-state index contributed by atoms with van der Waals surface area (Å²) >= 11 is 1.28. The molecule has 2 N–H and O–H groups in total. The number of thiazole rings is 1. The molecule has 1 fully saturated rings. The number of pyridine rings is 1. The number of halogens is 1. The van der Waals surface area contributed by atoms with Gasteiger partial charge in [0.15, 0.2) is 17.9 Å². The van der Waals surface area contributed by atoms with Crippen molar-refractivity contribution < 1.29 is 19.1 Å². The van der Waals surface area contributed by atoms with Gasteiger partial charge in [-0.25, -0.2) is 14.4 Å². The van der Waals surface area contributed by atoms with E-state index in [0.29, 0.717) is 16.3 Å². The second-order valence-electron chi connectivity index (χ2n) is 6.59. The van der Waals surface area contributed by atoms with Crippen LogP contribution in [-0.2, 0) is 0 Å². The van der Waals surface area contributed by atoms with Gasteiger partial charge in [-0.05, 0) is 37.1 Å². The molecule has 9 heteroatoms. The third-order valence-corrected chi connectivity index (χ3v) is 5.61. The zero-order valence-electron chi connectivity index (χ0n) is 15.3. The minimum absolute atomic E-state index is 0.0717. The second kappa shape index (κ2) is 7.96. The summed E-state index contributed by atoms with van der Waals surface area (Å²) in [7, 11) is 0. The number of hydrogen-bond donors (Lipinski definition) is 2. The fraction of sp³-hybridized carbons (Fsp3) is 0.200. The first-order valence-electron chi connectivity index (χ1n) is 9.01. The molecule has 1 amide bonds. The average Bonchev–Trinajstić information content (AvgIpc) is 3.42. The normalized spacial score (nSPS) is 13.5. The number of hydrogen-bond acceptors (Lipinski definition) is 7. The van der Waals surface area contributed by atoms with Crippen molar-refractivity contribution in [3.63, 3.8) is 0 Å². The van der Waals surface area contributed by atoms with Gasteiger partial charge in [0, 0.05) is 30.4 Å². The van der Waals surface area contributed by atoms with Crippen LogP contribution in [0.2, 0.25) is 0 Å². The number of nitrogens with zero attached hydrogens (tertiary/aromatic N) is 3. The summed E-state index contributed by atoms with van der Waals surface area (Å²) in [5.41, 5.74) is 0.537. The van der Waals surface area contributed by atoms with Crippen LogP contribution in [0.25, 0.3) is 10.6 Å². The van der Waals surface area contributed by atoms with E-state index in [2.05, 4.69) is 20.2 Å². The number of anilines is 2. The van der Waals surface area contributed by atoms with Crippen LogP contribution in [-0.4, -0.2) is 40.4 Å². The Morgan fingerprint density at radius 1 is 1.24 bits per heavy atom. The Morgan fingerprint density at radius 3 is 2.79 bits per heavy atom. The molecular formula is C20H17FN4O3S. The number of carbonyl (C=O) groups is 2. The fourth-order valence-corrected chi connectivity index (χ4v) is 3.97. The van der Waals surface area contributed by atoms with Crippen molar-refractivity contribution in [1.29, 1.82) is 0 Å². The number of aromatic nitrogens is 2. The Morgan fingerprint density at radius 2 is 2.03 bits per heavy atom. The molecule has 0 aliphatic carbocycles. The van der Waals surface area contributed by atoms with E-state index in [9.17, 15) is 19.1 Å². The summed E-state index contributed by atoms with van der Waals surface area (Å²) in [6.45, 7) is 1.98. The van der Waals surface area contributed by atoms with Gasteiger partial charge in [0.2, 0.25) is 0 Å². The SMILES string of the molecule is O=Cc1cc(C(=O)Nc2cnc(-c3ccnc(N4CCCC4)c3)s2)cc(F)c1O. The lowest BCUT2D eigenvalue weighted by molar-refractivity contribution is 0.102. The van der Waals surface area contributed by atoms with Crippen molar-refractivity contribution in [3.05, 3.63) is 53.6 Å². The zero-order valence-corrected chi connectivity index (χ0v) is 16.1. The van der Waals surface area contributed by atoms with Gasteiger partial charge in [-0.2, -0.15) is 0 Å². The van der Waals surface area contributed by atoms with Crippen molar-refractivity contribution in [2.24, 2.45) is 0 Å². The smallest absolute Gasteiger partial charge is 0.256 e. The predicted octanol–water partition coefficient (Wildman–Crippen LogP) is 3.71. The average molecular weight is 412 g/mol. The van der Waals surface area contributed by atoms with Crippen LogP contribution in [0.15, 0.2) is 36.7 Å². The van der Waals surface area contributed by atoms with E-state index in [1.807, 2.05) is 12.1 Å². The van der Waals surface area contributed by atoms with E-state index in [4.69, 9.17) is 0 Å². The number of rotatable bonds is 5. The lowest BCUT2D eigenvalue weighted by Crippen LogP contribution is -2.18. The van der Waals surface area contributed by atoms with Crippen LogP contribution in [0.1, 0.15) is 33.6 Å². The minimum Gasteiger partial charge on any atom is -0.504 e. The quantitative estimate of drug-likeness (QED) is 0.620. The Kier molecular flexibility index (Phi) is 5.22. The maximum atomic E-state index is 13.7. The first-order chi connectivity index (χ1) is 14.0. The summed E-state index contributed by atoms with van der Waals surface area (Å²) in [5.74, 6) is -1.50. The van der Waals surface area contributed by atoms with Crippen molar-refractivity contribution in [2.75, 3.05) is 23.3 Å². The first kappa shape index (κ1) is 19.0. The highest BCUT2D eigenvalue weighted by molar-refractivity contribution is 7.19. The maximum absolute atomic E-state index is 13.7. The molecule has 2 aromatic heterocycles. The molecule has 3 aromatic rings. The van der Waals surface area contributed by atoms with E-state index in [1.54, 1.807) is 6.20 Å². The number of amides is 1. The molecule has 0 saturated carbocycles. The highest BCUT2D eigenvalue weighted by Crippen LogP contribution is 2.31. The first-order valence-corrected chi connectivity index (χ1v) is 9.83. The number of phenolic OH excluding ortho intramolecular Hbond substituents is 1. The van der Waals surface area contributed by atoms with Gasteiger partial charge in [0.25, 0.3) is 5.91 Å². The molecule has 1 aromatic carbocycles. The molecule has 29 heavy (non-hydrogen) atoms. The van der Waals surface area contributed by atoms with E-state index < -0.39 is 17.5 Å². The molecule has 1 aliphatic rings. The Balaban J connectivity index is 1.53. The summed E-state index contributed by atoms with van der Waals surface area (Å²) < 4.78 is 13.7. The fourth-order valence-electron chi connectivity index (χ4n) is 3.16. The van der Waals surface area contributed by atoms with Crippen LogP contribution >= 0.6 is 11.3 Å². The van der Waals surface area contributed by atoms with E-state index in [-0.39, 0.29) is 11.1 Å². The van der Waals surface area contributed by atoms with Gasteiger partial charge in [-0.3, -0.25) is 9.59 Å². The number of aromatic hydroxyl groups is 1. The second-order valence-corrected chi connectivity index (χ2v) is 7.63. The third-order valence-electron chi connectivity index (χ3n) is 4.65. The van der Waals surface area contributed by atoms with Gasteiger partial charge in [0.1, 0.15) is 15.8 Å². The Bertz CT molecular complexity index is 1080. The minimum atomic E-state index is -1.03. The van der Waals surface area contributed by atoms with Gasteiger partial charge >= 0.3 is 0 Å². The zero-order chi connectivity index (χ0) is 20.4. The molecule has 0 radical (unpaired) electrons. The summed E-state index contributed by atoms with van der Waals surface area (Å²) in [6.07, 6.45) is 5.86. The molecule has 1 aliphatic heterocycles. The molecule has 1 saturated heterocycles. The van der Waals surface area contributed by atoms with Crippen LogP contribution in [0.5, 0.6) is 5.75 Å². The number of benzene rings is 1. The van der Waals surface area contributed by atoms with Crippen LogP contribution in [0.4, 0.5) is 15.2 Å². The molecule has 0 spiro atoms. The van der Waals surface area contributed by atoms with Crippen molar-refractivity contribution in [1.82, 2.24) is 9.97 Å². The summed E-state index contributed by atoms with van der Waals surface area (Å²) in [4.78, 5) is 34.3. The van der Waals surface area contributed by atoms with Gasteiger partial charge in [-0.1, -0.05) is 11.3 Å². The summed E-state index contributed by atoms with van der Waals surface area (Å²) in [5, 5.41) is 13.3. The van der Waals surface area contributed by atoms with Gasteiger partial charge < -0.3 is 15.3 Å². The summed E-state index contributed by atoms with van der Waals surface area (Å²) in [6, 6.07) is 5.84. The third kappa shape index (κ3) is 3.95. The van der Waals surface area contributed by atoms with Crippen molar-refractivity contribution in [3.8, 4) is 16.3 Å². The van der Waals surface area contributed by atoms with Crippen LogP contribution in [0, 0.1) is 5.82 Å². The lowest BCUT2D eigenvalue weighted by atomic mass is 10.1. The molecule has 0 bridgehead atoms. The van der Waals surface area contributed by atoms with E-state index >= 15 is 0 Å². The molecular weight excluding hydrogens is 395 g/mol. The van der Waals surface area contributed by atoms with E-state index in [1.165, 1.54) is 17.5 Å². The highest BCUT2D eigenvalue weighted by Gasteiger charge is 2.17. The number of carbonyl (C=O) groups excluding carboxylic acids is 2. The lowest BCUT2D eigenvalue weighted by Gasteiger charge is -2.16. The predicted molar refractivity (Wildman–Crippen MR) is 108 cm³/mol. The molecule has 4 rings (SSSR count). The molecule has 0 unspecified atom stereocenters. The van der Waals surface area contributed by atoms with Crippen LogP contribution < -0.4 is 10.2 Å². The maximum Gasteiger partial charge on any atom is 0.256 e. The molecule has 3 heterocycles. The van der Waals surface area contributed by atoms with Crippen LogP contribution in [0.3, 0.4) is 0 Å². The molecule has 148 valence electrons.